The maximum absolute atomic E-state index is 11.2. The summed E-state index contributed by atoms with van der Waals surface area (Å²) in [5.41, 5.74) is 8.81. The van der Waals surface area contributed by atoms with Crippen LogP contribution in [-0.2, 0) is 5.41 Å². The van der Waals surface area contributed by atoms with Gasteiger partial charge in [-0.25, -0.2) is 0 Å². The first-order valence-electron chi connectivity index (χ1n) is 12.0. The number of ether oxygens (including phenoxy) is 1. The van der Waals surface area contributed by atoms with Crippen LogP contribution in [0.5, 0.6) is 11.5 Å². The third-order valence-electron chi connectivity index (χ3n) is 7.70. The van der Waals surface area contributed by atoms with Gasteiger partial charge >= 0.3 is 0 Å². The van der Waals surface area contributed by atoms with E-state index in [1.807, 2.05) is 18.2 Å². The lowest BCUT2D eigenvalue weighted by molar-refractivity contribution is 0.267. The lowest BCUT2D eigenvalue weighted by atomic mass is 9.61. The molecule has 1 unspecified atom stereocenters. The molecule has 0 aromatic heterocycles. The van der Waals surface area contributed by atoms with Crippen LogP contribution in [0.25, 0.3) is 33.0 Å². The van der Waals surface area contributed by atoms with Gasteiger partial charge in [-0.1, -0.05) is 74.0 Å². The van der Waals surface area contributed by atoms with Crippen molar-refractivity contribution in [3.63, 3.8) is 0 Å². The van der Waals surface area contributed by atoms with Gasteiger partial charge in [0.15, 0.2) is 0 Å². The van der Waals surface area contributed by atoms with Crippen molar-refractivity contribution in [3.05, 3.63) is 95.6 Å². The Morgan fingerprint density at radius 1 is 0.824 bits per heavy atom. The van der Waals surface area contributed by atoms with Crippen molar-refractivity contribution < 1.29 is 9.84 Å². The Labute approximate surface area is 201 Å². The fourth-order valence-electron chi connectivity index (χ4n) is 6.69. The van der Waals surface area contributed by atoms with Crippen molar-refractivity contribution in [1.82, 2.24) is 0 Å². The molecule has 4 aromatic rings. The average molecular weight is 447 g/mol. The Balaban J connectivity index is 1.66. The van der Waals surface area contributed by atoms with Gasteiger partial charge in [-0.05, 0) is 88.2 Å². The van der Waals surface area contributed by atoms with Gasteiger partial charge in [0.1, 0.15) is 11.5 Å². The minimum Gasteiger partial charge on any atom is -0.507 e. The molecule has 0 amide bonds. The molecule has 0 saturated heterocycles. The molecule has 1 N–H and O–H groups in total. The molecule has 2 aliphatic rings. The first-order valence-corrected chi connectivity index (χ1v) is 12.0. The van der Waals surface area contributed by atoms with E-state index in [9.17, 15) is 5.11 Å². The zero-order valence-electron chi connectivity index (χ0n) is 20.3. The summed E-state index contributed by atoms with van der Waals surface area (Å²) >= 11 is 0. The van der Waals surface area contributed by atoms with Crippen molar-refractivity contribution in [1.29, 1.82) is 0 Å². The first-order chi connectivity index (χ1) is 16.3. The zero-order valence-corrected chi connectivity index (χ0v) is 20.3. The van der Waals surface area contributed by atoms with E-state index in [0.29, 0.717) is 5.75 Å². The molecular weight excluding hydrogens is 416 g/mol. The number of phenols is 1. The predicted molar refractivity (Wildman–Crippen MR) is 141 cm³/mol. The van der Waals surface area contributed by atoms with Crippen LogP contribution in [0.1, 0.15) is 44.7 Å². The number of rotatable bonds is 2. The lowest BCUT2D eigenvalue weighted by Crippen LogP contribution is -2.34. The van der Waals surface area contributed by atoms with E-state index in [1.54, 1.807) is 7.11 Å². The van der Waals surface area contributed by atoms with Gasteiger partial charge < -0.3 is 9.84 Å². The molecule has 34 heavy (non-hydrogen) atoms. The molecule has 0 aliphatic heterocycles. The smallest absolute Gasteiger partial charge is 0.123 e. The van der Waals surface area contributed by atoms with E-state index < -0.39 is 0 Å². The van der Waals surface area contributed by atoms with Crippen LogP contribution in [0.15, 0.2) is 84.4 Å². The van der Waals surface area contributed by atoms with Gasteiger partial charge in [0.2, 0.25) is 0 Å². The van der Waals surface area contributed by atoms with Crippen LogP contribution in [0.4, 0.5) is 0 Å². The molecule has 1 spiro atoms. The van der Waals surface area contributed by atoms with Gasteiger partial charge in [-0.3, -0.25) is 0 Å². The first kappa shape index (κ1) is 21.0. The Bertz CT molecular complexity index is 1470. The predicted octanol–water partition coefficient (Wildman–Crippen LogP) is 8.25. The van der Waals surface area contributed by atoms with E-state index >= 15 is 0 Å². The number of benzene rings is 4. The van der Waals surface area contributed by atoms with Crippen molar-refractivity contribution in [2.24, 2.45) is 5.41 Å². The van der Waals surface area contributed by atoms with Crippen LogP contribution in [-0.4, -0.2) is 12.2 Å². The molecule has 0 fully saturated rings. The molecule has 2 heteroatoms. The Kier molecular flexibility index (Phi) is 4.48. The van der Waals surface area contributed by atoms with Crippen molar-refractivity contribution in [2.45, 2.75) is 39.0 Å². The quantitative estimate of drug-likeness (QED) is 0.314. The van der Waals surface area contributed by atoms with Crippen molar-refractivity contribution in [3.8, 4) is 33.8 Å². The topological polar surface area (TPSA) is 29.5 Å². The minimum absolute atomic E-state index is 0.184. The summed E-state index contributed by atoms with van der Waals surface area (Å²) in [4.78, 5) is 0. The van der Waals surface area contributed by atoms with Crippen LogP contribution in [0.3, 0.4) is 0 Å². The van der Waals surface area contributed by atoms with Crippen LogP contribution >= 0.6 is 0 Å². The Hall–Kier alpha value is -3.52. The average Bonchev–Trinajstić information content (AvgIpc) is 3.06. The van der Waals surface area contributed by atoms with Gasteiger partial charge in [0.05, 0.1) is 7.11 Å². The van der Waals surface area contributed by atoms with Crippen LogP contribution < -0.4 is 4.74 Å². The summed E-state index contributed by atoms with van der Waals surface area (Å²) < 4.78 is 5.34. The van der Waals surface area contributed by atoms with Crippen LogP contribution in [0, 0.1) is 5.41 Å². The highest BCUT2D eigenvalue weighted by Gasteiger charge is 2.47. The number of methoxy groups -OCH3 is 1. The highest BCUT2D eigenvalue weighted by Crippen LogP contribution is 2.60. The summed E-state index contributed by atoms with van der Waals surface area (Å²) in [6.45, 7) is 7.00. The van der Waals surface area contributed by atoms with Gasteiger partial charge in [-0.2, -0.15) is 0 Å². The highest BCUT2D eigenvalue weighted by molar-refractivity contribution is 6.07. The third kappa shape index (κ3) is 3.01. The molecule has 0 bridgehead atoms. The number of fused-ring (bicyclic) bond motifs is 7. The Morgan fingerprint density at radius 3 is 2.29 bits per heavy atom. The van der Waals surface area contributed by atoms with E-state index in [-0.39, 0.29) is 10.8 Å². The van der Waals surface area contributed by atoms with E-state index in [2.05, 4.69) is 81.4 Å². The van der Waals surface area contributed by atoms with Gasteiger partial charge in [0.25, 0.3) is 0 Å². The SMILES string of the molecule is COc1ccc(-c2ccc3c(O)cc4c(c3c2)-c2ccccc2C42C=C(C)CC(C)(C)C2)cc1. The second kappa shape index (κ2) is 7.24. The second-order valence-electron chi connectivity index (χ2n) is 10.8. The molecule has 4 aromatic carbocycles. The fourth-order valence-corrected chi connectivity index (χ4v) is 6.69. The summed E-state index contributed by atoms with van der Waals surface area (Å²) in [5.74, 6) is 1.21. The van der Waals surface area contributed by atoms with E-state index in [4.69, 9.17) is 4.74 Å². The summed E-state index contributed by atoms with van der Waals surface area (Å²) in [5, 5.41) is 13.2. The molecule has 6 rings (SSSR count). The molecule has 2 nitrogen and oxygen atoms in total. The molecule has 2 aliphatic carbocycles. The Morgan fingerprint density at radius 2 is 1.56 bits per heavy atom. The molecule has 170 valence electrons. The molecular formula is C32H30O2. The zero-order chi connectivity index (χ0) is 23.7. The fraction of sp³-hybridized carbons (Fsp3) is 0.250. The largest absolute Gasteiger partial charge is 0.507 e. The maximum Gasteiger partial charge on any atom is 0.123 e. The minimum atomic E-state index is -0.209. The lowest BCUT2D eigenvalue weighted by Gasteiger charge is -2.42. The van der Waals surface area contributed by atoms with Gasteiger partial charge in [0, 0.05) is 10.8 Å². The van der Waals surface area contributed by atoms with Crippen molar-refractivity contribution >= 4 is 10.8 Å². The third-order valence-corrected chi connectivity index (χ3v) is 7.70. The summed E-state index contributed by atoms with van der Waals surface area (Å²) in [7, 11) is 1.69. The normalized spacial score (nSPS) is 20.2. The highest BCUT2D eigenvalue weighted by atomic mass is 16.5. The number of hydrogen-bond donors (Lipinski definition) is 1. The molecule has 0 radical (unpaired) electrons. The van der Waals surface area contributed by atoms with Gasteiger partial charge in [-0.15, -0.1) is 0 Å². The molecule has 1 atom stereocenters. The van der Waals surface area contributed by atoms with Crippen LogP contribution in [0.2, 0.25) is 0 Å². The molecule has 0 heterocycles. The summed E-state index contributed by atoms with van der Waals surface area (Å²) in [6, 6.07) is 25.4. The monoisotopic (exact) mass is 446 g/mol. The number of aromatic hydroxyl groups is 1. The van der Waals surface area contributed by atoms with Crippen molar-refractivity contribution in [2.75, 3.05) is 7.11 Å². The number of hydrogen-bond acceptors (Lipinski definition) is 2. The standard InChI is InChI=1S/C32H30O2/c1-20-17-31(2,3)19-32(18-20)27-8-6-5-7-25(27)30-26-15-22(21-9-12-23(34-4)13-10-21)11-14-24(26)29(33)16-28(30)32/h5-16,18,33H,17,19H2,1-4H3. The number of allylic oxidation sites excluding steroid dienone is 2. The second-order valence-corrected chi connectivity index (χ2v) is 10.8. The number of phenolic OH excluding ortho intramolecular Hbond substituents is 1. The van der Waals surface area contributed by atoms with E-state index in [0.717, 1.165) is 40.5 Å². The summed E-state index contributed by atoms with van der Waals surface area (Å²) in [6.07, 6.45) is 4.61. The maximum atomic E-state index is 11.2. The molecule has 0 saturated carbocycles. The van der Waals surface area contributed by atoms with E-state index in [1.165, 1.54) is 27.8 Å².